The molecule has 0 unspecified atom stereocenters. The lowest BCUT2D eigenvalue weighted by Gasteiger charge is -2.27. The predicted molar refractivity (Wildman–Crippen MR) is 156 cm³/mol. The summed E-state index contributed by atoms with van der Waals surface area (Å²) in [6.45, 7) is 1.53. The van der Waals surface area contributed by atoms with Gasteiger partial charge >= 0.3 is 0 Å². The first-order chi connectivity index (χ1) is 18.6. The Morgan fingerprint density at radius 2 is 1.47 bits per heavy atom. The molecule has 6 heteroatoms. The Bertz CT molecular complexity index is 1520. The minimum Gasteiger partial charge on any atom is -0.357 e. The maximum Gasteiger partial charge on any atom is 0.258 e. The van der Waals surface area contributed by atoms with Gasteiger partial charge in [-0.3, -0.25) is 9.59 Å². The Labute approximate surface area is 227 Å². The first-order valence-corrected chi connectivity index (χ1v) is 13.3. The second kappa shape index (κ2) is 10.2. The van der Waals surface area contributed by atoms with Crippen LogP contribution in [0.1, 0.15) is 39.1 Å². The Morgan fingerprint density at radius 3 is 2.26 bits per heavy atom. The van der Waals surface area contributed by atoms with Gasteiger partial charge in [-0.1, -0.05) is 72.9 Å². The van der Waals surface area contributed by atoms with Crippen LogP contribution in [0.2, 0.25) is 0 Å². The molecule has 0 spiro atoms. The average molecular weight is 518 g/mol. The van der Waals surface area contributed by atoms with Crippen molar-refractivity contribution >= 4 is 40.4 Å². The number of carbonyl (C=O) groups is 2. The van der Waals surface area contributed by atoms with Crippen molar-refractivity contribution in [3.63, 3.8) is 0 Å². The van der Waals surface area contributed by atoms with E-state index in [1.165, 1.54) is 0 Å². The van der Waals surface area contributed by atoms with E-state index in [1.807, 2.05) is 83.8 Å². The van der Waals surface area contributed by atoms with Crippen molar-refractivity contribution in [3.8, 4) is 11.1 Å². The van der Waals surface area contributed by atoms with Gasteiger partial charge in [-0.15, -0.1) is 0 Å². The summed E-state index contributed by atoms with van der Waals surface area (Å²) in [5.41, 5.74) is 5.44. The van der Waals surface area contributed by atoms with Gasteiger partial charge in [-0.2, -0.15) is 0 Å². The van der Waals surface area contributed by atoms with Gasteiger partial charge in [0.1, 0.15) is 4.99 Å². The minimum atomic E-state index is -0.195. The van der Waals surface area contributed by atoms with Gasteiger partial charge in [-0.05, 0) is 66.4 Å². The van der Waals surface area contributed by atoms with E-state index in [0.29, 0.717) is 23.4 Å². The highest BCUT2D eigenvalue weighted by atomic mass is 32.1. The van der Waals surface area contributed by atoms with Gasteiger partial charge in [-0.25, -0.2) is 0 Å². The highest BCUT2D eigenvalue weighted by molar-refractivity contribution is 7.80. The van der Waals surface area contributed by atoms with Crippen LogP contribution in [0.5, 0.6) is 0 Å². The molecule has 2 aliphatic heterocycles. The van der Waals surface area contributed by atoms with Gasteiger partial charge in [0.2, 0.25) is 0 Å². The topological polar surface area (TPSA) is 52.7 Å². The van der Waals surface area contributed by atoms with Gasteiger partial charge < -0.3 is 15.1 Å². The number of anilines is 2. The Balaban J connectivity index is 1.23. The second-order valence-electron chi connectivity index (χ2n) is 9.67. The van der Waals surface area contributed by atoms with Crippen LogP contribution in [0, 0.1) is 0 Å². The van der Waals surface area contributed by atoms with E-state index in [1.54, 1.807) is 24.3 Å². The average Bonchev–Trinajstić information content (AvgIpc) is 3.40. The molecule has 1 saturated heterocycles. The Kier molecular flexibility index (Phi) is 6.48. The van der Waals surface area contributed by atoms with Crippen molar-refractivity contribution in [2.75, 3.05) is 23.3 Å². The first-order valence-electron chi connectivity index (χ1n) is 12.9. The molecule has 2 heterocycles. The van der Waals surface area contributed by atoms with Crippen LogP contribution in [0.3, 0.4) is 0 Å². The van der Waals surface area contributed by atoms with E-state index >= 15 is 0 Å². The van der Waals surface area contributed by atoms with Crippen LogP contribution in [0.15, 0.2) is 103 Å². The summed E-state index contributed by atoms with van der Waals surface area (Å²) in [7, 11) is 0. The van der Waals surface area contributed by atoms with Crippen LogP contribution in [-0.2, 0) is 0 Å². The largest absolute Gasteiger partial charge is 0.357 e. The molecule has 1 N–H and O–H groups in total. The number of amides is 2. The van der Waals surface area contributed by atoms with Crippen molar-refractivity contribution in [3.05, 3.63) is 120 Å². The lowest BCUT2D eigenvalue weighted by atomic mass is 9.99. The number of hydrogen-bond donors (Lipinski definition) is 1. The molecule has 4 aromatic rings. The van der Waals surface area contributed by atoms with Crippen molar-refractivity contribution in [1.29, 1.82) is 0 Å². The molecule has 0 aromatic heterocycles. The van der Waals surface area contributed by atoms with Gasteiger partial charge in [0.15, 0.2) is 0 Å². The molecule has 5 nitrogen and oxygen atoms in total. The lowest BCUT2D eigenvalue weighted by Crippen LogP contribution is -2.41. The summed E-state index contributed by atoms with van der Waals surface area (Å²) in [6.07, 6.45) is 2.10. The molecule has 2 amide bonds. The fourth-order valence-electron chi connectivity index (χ4n) is 5.44. The number of para-hydroxylation sites is 1. The lowest BCUT2D eigenvalue weighted by molar-refractivity contribution is 0.0982. The first kappa shape index (κ1) is 24.1. The zero-order chi connectivity index (χ0) is 26.1. The Morgan fingerprint density at radius 1 is 0.789 bits per heavy atom. The van der Waals surface area contributed by atoms with Gasteiger partial charge in [0.25, 0.3) is 11.8 Å². The van der Waals surface area contributed by atoms with E-state index in [2.05, 4.69) is 10.2 Å². The van der Waals surface area contributed by atoms with E-state index in [9.17, 15) is 9.59 Å². The molecule has 1 fully saturated rings. The molecular weight excluding hydrogens is 490 g/mol. The van der Waals surface area contributed by atoms with Crippen molar-refractivity contribution in [2.24, 2.45) is 0 Å². The molecule has 188 valence electrons. The standard InChI is InChI=1S/C32H27N3O2S/c36-30(27-13-5-4-12-26(27)22-9-2-1-3-10-22)33-24-18-16-23(17-19-24)31(37)35-21-25-11-8-20-34(25)32(38)28-14-6-7-15-29(28)35/h1-7,9-10,12-19,25H,8,11,20-21H2,(H,33,36)/t25-/m0/s1. The van der Waals surface area contributed by atoms with Crippen LogP contribution in [-0.4, -0.2) is 40.8 Å². The van der Waals surface area contributed by atoms with Crippen LogP contribution in [0.4, 0.5) is 11.4 Å². The highest BCUT2D eigenvalue weighted by Crippen LogP contribution is 2.33. The molecular formula is C32H27N3O2S. The van der Waals surface area contributed by atoms with E-state index in [4.69, 9.17) is 12.2 Å². The number of nitrogens with zero attached hydrogens (tertiary/aromatic N) is 2. The van der Waals surface area contributed by atoms with Crippen LogP contribution >= 0.6 is 12.2 Å². The predicted octanol–water partition coefficient (Wildman–Crippen LogP) is 6.41. The molecule has 0 bridgehead atoms. The van der Waals surface area contributed by atoms with E-state index < -0.39 is 0 Å². The summed E-state index contributed by atoms with van der Waals surface area (Å²) in [5.74, 6) is -0.263. The van der Waals surface area contributed by atoms with E-state index in [0.717, 1.165) is 46.8 Å². The third-order valence-electron chi connectivity index (χ3n) is 7.35. The maximum absolute atomic E-state index is 13.7. The van der Waals surface area contributed by atoms with Crippen LogP contribution < -0.4 is 10.2 Å². The number of rotatable bonds is 4. The van der Waals surface area contributed by atoms with Crippen molar-refractivity contribution in [1.82, 2.24) is 4.90 Å². The fraction of sp³-hybridized carbons (Fsp3) is 0.156. The van der Waals surface area contributed by atoms with Crippen molar-refractivity contribution < 1.29 is 9.59 Å². The third-order valence-corrected chi connectivity index (χ3v) is 7.80. The fourth-order valence-corrected chi connectivity index (χ4v) is 5.85. The van der Waals surface area contributed by atoms with Gasteiger partial charge in [0, 0.05) is 41.5 Å². The monoisotopic (exact) mass is 517 g/mol. The number of fused-ring (bicyclic) bond motifs is 2. The molecule has 2 aliphatic rings. The number of nitrogens with one attached hydrogen (secondary N) is 1. The quantitative estimate of drug-likeness (QED) is 0.318. The molecule has 0 saturated carbocycles. The third kappa shape index (κ3) is 4.48. The summed E-state index contributed by atoms with van der Waals surface area (Å²) >= 11 is 5.83. The summed E-state index contributed by atoms with van der Waals surface area (Å²) in [6, 6.07) is 32.7. The zero-order valence-electron chi connectivity index (χ0n) is 20.8. The molecule has 6 rings (SSSR count). The number of thiocarbonyl (C=S) groups is 1. The summed E-state index contributed by atoms with van der Waals surface area (Å²) in [4.78, 5) is 31.9. The number of hydrogen-bond acceptors (Lipinski definition) is 3. The highest BCUT2D eigenvalue weighted by Gasteiger charge is 2.36. The molecule has 0 radical (unpaired) electrons. The maximum atomic E-state index is 13.7. The molecule has 4 aromatic carbocycles. The summed E-state index contributed by atoms with van der Waals surface area (Å²) in [5, 5.41) is 2.99. The minimum absolute atomic E-state index is 0.0682. The number of benzene rings is 4. The van der Waals surface area contributed by atoms with E-state index in [-0.39, 0.29) is 17.9 Å². The molecule has 1 atom stereocenters. The second-order valence-corrected chi connectivity index (χ2v) is 10.1. The van der Waals surface area contributed by atoms with Crippen molar-refractivity contribution in [2.45, 2.75) is 18.9 Å². The zero-order valence-corrected chi connectivity index (χ0v) is 21.7. The smallest absolute Gasteiger partial charge is 0.258 e. The van der Waals surface area contributed by atoms with Crippen LogP contribution in [0.25, 0.3) is 11.1 Å². The molecule has 0 aliphatic carbocycles. The SMILES string of the molecule is O=C(Nc1ccc(C(=O)N2C[C@@H]3CCCN3C(=S)c3ccccc32)cc1)c1ccccc1-c1ccccc1. The summed E-state index contributed by atoms with van der Waals surface area (Å²) < 4.78 is 0. The van der Waals surface area contributed by atoms with Gasteiger partial charge in [0.05, 0.1) is 5.69 Å². The molecule has 38 heavy (non-hydrogen) atoms. The Hall–Kier alpha value is -4.29. The number of carbonyl (C=O) groups excluding carboxylic acids is 2. The normalized spacial score (nSPS) is 16.4.